The van der Waals surface area contributed by atoms with E-state index in [0.29, 0.717) is 0 Å². The highest BCUT2D eigenvalue weighted by atomic mass is 19.1. The molecule has 0 atom stereocenters. The molecule has 10 heteroatoms. The minimum atomic E-state index is -1.09. The molecule has 0 saturated carbocycles. The third-order valence-corrected chi connectivity index (χ3v) is 4.40. The van der Waals surface area contributed by atoms with Gasteiger partial charge in [0.25, 0.3) is 11.8 Å². The van der Waals surface area contributed by atoms with Gasteiger partial charge in [0.15, 0.2) is 0 Å². The number of anilines is 2. The molecule has 0 bridgehead atoms. The lowest BCUT2D eigenvalue weighted by atomic mass is 10.1. The van der Waals surface area contributed by atoms with Crippen molar-refractivity contribution in [1.82, 2.24) is 0 Å². The van der Waals surface area contributed by atoms with Gasteiger partial charge < -0.3 is 20.1 Å². The van der Waals surface area contributed by atoms with E-state index in [2.05, 4.69) is 10.6 Å². The fraction of sp³-hybridized carbons (Fsp3) is 0.0909. The normalized spacial score (nSPS) is 10.4. The Labute approximate surface area is 179 Å². The van der Waals surface area contributed by atoms with Gasteiger partial charge in [0.05, 0.1) is 25.6 Å². The zero-order valence-electron chi connectivity index (χ0n) is 16.8. The number of rotatable bonds is 6. The van der Waals surface area contributed by atoms with Crippen molar-refractivity contribution in [3.63, 3.8) is 0 Å². The van der Waals surface area contributed by atoms with Crippen LogP contribution in [0.1, 0.15) is 20.7 Å². The van der Waals surface area contributed by atoms with E-state index in [4.69, 9.17) is 9.47 Å². The van der Waals surface area contributed by atoms with E-state index < -0.39 is 46.2 Å². The Morgan fingerprint density at radius 1 is 0.656 bits per heavy atom. The van der Waals surface area contributed by atoms with Crippen LogP contribution < -0.4 is 20.1 Å². The van der Waals surface area contributed by atoms with Crippen LogP contribution in [0.4, 0.5) is 28.9 Å². The summed E-state index contributed by atoms with van der Waals surface area (Å²) >= 11 is 0. The Balaban J connectivity index is 1.95. The van der Waals surface area contributed by atoms with E-state index in [9.17, 15) is 27.2 Å². The topological polar surface area (TPSA) is 76.7 Å². The number of hydrogen-bond donors (Lipinski definition) is 2. The van der Waals surface area contributed by atoms with E-state index in [1.807, 2.05) is 0 Å². The summed E-state index contributed by atoms with van der Waals surface area (Å²) in [6, 6.07) is 8.35. The summed E-state index contributed by atoms with van der Waals surface area (Å²) in [5, 5.41) is 4.62. The fourth-order valence-electron chi connectivity index (χ4n) is 2.89. The molecule has 0 spiro atoms. The van der Waals surface area contributed by atoms with Gasteiger partial charge in [0.1, 0.15) is 45.9 Å². The molecule has 0 fully saturated rings. The first kappa shape index (κ1) is 22.6. The molecule has 6 nitrogen and oxygen atoms in total. The molecule has 166 valence electrons. The maximum absolute atomic E-state index is 13.9. The highest BCUT2D eigenvalue weighted by Gasteiger charge is 2.22. The predicted octanol–water partition coefficient (Wildman–Crippen LogP) is 4.76. The first-order valence-electron chi connectivity index (χ1n) is 9.03. The molecule has 3 aromatic rings. The minimum Gasteiger partial charge on any atom is -0.494 e. The summed E-state index contributed by atoms with van der Waals surface area (Å²) < 4.78 is 65.9. The quantitative estimate of drug-likeness (QED) is 0.533. The molecule has 2 amide bonds. The summed E-state index contributed by atoms with van der Waals surface area (Å²) in [4.78, 5) is 24.8. The van der Waals surface area contributed by atoms with E-state index in [-0.39, 0.29) is 22.9 Å². The SMILES string of the molecule is COc1cc(NC(=O)c2c(F)cccc2F)c(OC)cc1NC(=O)c1c(F)cccc1F. The molecule has 0 aromatic heterocycles. The minimum absolute atomic E-state index is 0.0276. The molecule has 0 saturated heterocycles. The lowest BCUT2D eigenvalue weighted by Gasteiger charge is -2.16. The summed E-state index contributed by atoms with van der Waals surface area (Å²) in [5.41, 5.74) is -1.68. The second kappa shape index (κ2) is 9.38. The number of ether oxygens (including phenoxy) is 2. The van der Waals surface area contributed by atoms with Crippen LogP contribution in [-0.4, -0.2) is 26.0 Å². The van der Waals surface area contributed by atoms with Crippen LogP contribution >= 0.6 is 0 Å². The number of nitrogens with one attached hydrogen (secondary N) is 2. The second-order valence-corrected chi connectivity index (χ2v) is 6.35. The summed E-state index contributed by atoms with van der Waals surface area (Å²) in [5.74, 6) is -6.50. The van der Waals surface area contributed by atoms with E-state index in [0.717, 1.165) is 36.4 Å². The van der Waals surface area contributed by atoms with Crippen molar-refractivity contribution in [3.05, 3.63) is 82.9 Å². The molecule has 0 unspecified atom stereocenters. The molecular formula is C22H16F4N2O4. The summed E-state index contributed by atoms with van der Waals surface area (Å²) in [6.07, 6.45) is 0. The van der Waals surface area contributed by atoms with E-state index in [1.165, 1.54) is 26.4 Å². The first-order valence-corrected chi connectivity index (χ1v) is 9.03. The van der Waals surface area contributed by atoms with E-state index >= 15 is 0 Å². The lowest BCUT2D eigenvalue weighted by Crippen LogP contribution is -2.18. The van der Waals surface area contributed by atoms with Crippen molar-refractivity contribution < 1.29 is 36.6 Å². The number of carbonyl (C=O) groups excluding carboxylic acids is 2. The van der Waals surface area contributed by atoms with Crippen molar-refractivity contribution >= 4 is 23.2 Å². The van der Waals surface area contributed by atoms with Gasteiger partial charge >= 0.3 is 0 Å². The zero-order valence-corrected chi connectivity index (χ0v) is 16.8. The van der Waals surface area contributed by atoms with Crippen molar-refractivity contribution in [2.45, 2.75) is 0 Å². The molecular weight excluding hydrogens is 432 g/mol. The number of hydrogen-bond acceptors (Lipinski definition) is 4. The van der Waals surface area contributed by atoms with Crippen LogP contribution in [-0.2, 0) is 0 Å². The standard InChI is InChI=1S/C22H16F4N2O4/c1-31-17-9-16(28-22(30)20-13(25)7-4-8-14(20)26)18(32-2)10-15(17)27-21(29)19-11(23)5-3-6-12(19)24/h3-10H,1-2H3,(H,27,29)(H,28,30). The fourth-order valence-corrected chi connectivity index (χ4v) is 2.89. The smallest absolute Gasteiger partial charge is 0.261 e. The number of benzene rings is 3. The average molecular weight is 448 g/mol. The van der Waals surface area contributed by atoms with Gasteiger partial charge in [-0.3, -0.25) is 9.59 Å². The van der Waals surface area contributed by atoms with Crippen molar-refractivity contribution in [1.29, 1.82) is 0 Å². The van der Waals surface area contributed by atoms with Crippen LogP contribution in [0.2, 0.25) is 0 Å². The van der Waals surface area contributed by atoms with Crippen LogP contribution in [0.5, 0.6) is 11.5 Å². The Kier molecular flexibility index (Phi) is 6.62. The molecule has 2 N–H and O–H groups in total. The summed E-state index contributed by atoms with van der Waals surface area (Å²) in [6.45, 7) is 0. The van der Waals surface area contributed by atoms with Gasteiger partial charge in [-0.1, -0.05) is 12.1 Å². The Bertz CT molecular complexity index is 1070. The van der Waals surface area contributed by atoms with Gasteiger partial charge in [0.2, 0.25) is 0 Å². The van der Waals surface area contributed by atoms with Gasteiger partial charge in [-0.05, 0) is 24.3 Å². The number of halogens is 4. The number of methoxy groups -OCH3 is 2. The largest absolute Gasteiger partial charge is 0.494 e. The molecule has 3 aromatic carbocycles. The highest BCUT2D eigenvalue weighted by molar-refractivity contribution is 6.07. The second-order valence-electron chi connectivity index (χ2n) is 6.35. The number of carbonyl (C=O) groups is 2. The molecule has 32 heavy (non-hydrogen) atoms. The molecule has 0 aliphatic heterocycles. The third kappa shape index (κ3) is 4.48. The molecule has 0 heterocycles. The van der Waals surface area contributed by atoms with E-state index in [1.54, 1.807) is 0 Å². The van der Waals surface area contributed by atoms with Crippen LogP contribution in [0.3, 0.4) is 0 Å². The van der Waals surface area contributed by atoms with Gasteiger partial charge in [-0.15, -0.1) is 0 Å². The zero-order chi connectivity index (χ0) is 23.4. The Morgan fingerprint density at radius 2 is 0.969 bits per heavy atom. The average Bonchev–Trinajstić information content (AvgIpc) is 2.74. The first-order chi connectivity index (χ1) is 15.3. The Hall–Kier alpha value is -4.08. The van der Waals surface area contributed by atoms with Crippen molar-refractivity contribution in [3.8, 4) is 11.5 Å². The van der Waals surface area contributed by atoms with Gasteiger partial charge in [-0.2, -0.15) is 0 Å². The van der Waals surface area contributed by atoms with Crippen LogP contribution in [0, 0.1) is 23.3 Å². The maximum Gasteiger partial charge on any atom is 0.261 e. The van der Waals surface area contributed by atoms with Crippen LogP contribution in [0.25, 0.3) is 0 Å². The van der Waals surface area contributed by atoms with Crippen molar-refractivity contribution in [2.75, 3.05) is 24.9 Å². The van der Waals surface area contributed by atoms with Crippen molar-refractivity contribution in [2.24, 2.45) is 0 Å². The van der Waals surface area contributed by atoms with Gasteiger partial charge in [0, 0.05) is 12.1 Å². The molecule has 0 aliphatic carbocycles. The molecule has 3 rings (SSSR count). The lowest BCUT2D eigenvalue weighted by molar-refractivity contribution is 0.100. The highest BCUT2D eigenvalue weighted by Crippen LogP contribution is 2.37. The van der Waals surface area contributed by atoms with Gasteiger partial charge in [-0.25, -0.2) is 17.6 Å². The monoisotopic (exact) mass is 448 g/mol. The van der Waals surface area contributed by atoms with Crippen LogP contribution in [0.15, 0.2) is 48.5 Å². The number of amides is 2. The predicted molar refractivity (Wildman–Crippen MR) is 108 cm³/mol. The third-order valence-electron chi connectivity index (χ3n) is 4.40. The molecule has 0 radical (unpaired) electrons. The summed E-state index contributed by atoms with van der Waals surface area (Å²) in [7, 11) is 2.48. The Morgan fingerprint density at radius 3 is 1.25 bits per heavy atom. The molecule has 0 aliphatic rings. The maximum atomic E-state index is 13.9.